The van der Waals surface area contributed by atoms with E-state index >= 15 is 0 Å². The average molecular weight is 190 g/mol. The van der Waals surface area contributed by atoms with Gasteiger partial charge in [0.05, 0.1) is 13.2 Å². The van der Waals surface area contributed by atoms with Gasteiger partial charge in [-0.3, -0.25) is 4.90 Å². The molecule has 0 bridgehead atoms. The Balaban J connectivity index is 3.10. The standard InChI is InChI=1S/C11H14N2O/c1-13(2)10(8-12)9-6-4-5-7-11(9)14-3/h4-7,10H,1-3H3. The van der Waals surface area contributed by atoms with E-state index < -0.39 is 0 Å². The lowest BCUT2D eigenvalue weighted by atomic mass is 10.1. The molecule has 0 fully saturated rings. The fourth-order valence-corrected chi connectivity index (χ4v) is 1.36. The maximum Gasteiger partial charge on any atom is 0.126 e. The second kappa shape index (κ2) is 4.64. The highest BCUT2D eigenvalue weighted by atomic mass is 16.5. The molecule has 3 nitrogen and oxygen atoms in total. The summed E-state index contributed by atoms with van der Waals surface area (Å²) in [5, 5.41) is 9.02. The molecule has 0 amide bonds. The molecular formula is C11H14N2O. The molecular weight excluding hydrogens is 176 g/mol. The maximum absolute atomic E-state index is 9.02. The van der Waals surface area contributed by atoms with Gasteiger partial charge in [-0.05, 0) is 20.2 Å². The van der Waals surface area contributed by atoms with Crippen LogP contribution in [0.4, 0.5) is 0 Å². The summed E-state index contributed by atoms with van der Waals surface area (Å²) in [5.41, 5.74) is 0.905. The van der Waals surface area contributed by atoms with Crippen molar-refractivity contribution in [3.8, 4) is 11.8 Å². The zero-order chi connectivity index (χ0) is 10.6. The van der Waals surface area contributed by atoms with E-state index in [2.05, 4.69) is 6.07 Å². The second-order valence-electron chi connectivity index (χ2n) is 3.24. The van der Waals surface area contributed by atoms with Crippen LogP contribution in [0.2, 0.25) is 0 Å². The van der Waals surface area contributed by atoms with Gasteiger partial charge in [-0.2, -0.15) is 5.26 Å². The molecule has 14 heavy (non-hydrogen) atoms. The largest absolute Gasteiger partial charge is 0.496 e. The van der Waals surface area contributed by atoms with E-state index in [4.69, 9.17) is 10.00 Å². The summed E-state index contributed by atoms with van der Waals surface area (Å²) in [7, 11) is 5.36. The van der Waals surface area contributed by atoms with Crippen molar-refractivity contribution in [1.82, 2.24) is 4.90 Å². The third-order valence-corrected chi connectivity index (χ3v) is 2.07. The highest BCUT2D eigenvalue weighted by Gasteiger charge is 2.16. The fraction of sp³-hybridized carbons (Fsp3) is 0.364. The predicted octanol–water partition coefficient (Wildman–Crippen LogP) is 1.82. The SMILES string of the molecule is COc1ccccc1C(C#N)N(C)C. The van der Waals surface area contributed by atoms with Crippen molar-refractivity contribution in [1.29, 1.82) is 5.26 Å². The summed E-state index contributed by atoms with van der Waals surface area (Å²) in [5.74, 6) is 0.757. The van der Waals surface area contributed by atoms with Gasteiger partial charge in [-0.15, -0.1) is 0 Å². The topological polar surface area (TPSA) is 36.3 Å². The molecule has 0 saturated heterocycles. The first-order valence-electron chi connectivity index (χ1n) is 4.39. The van der Waals surface area contributed by atoms with Crippen molar-refractivity contribution in [2.45, 2.75) is 6.04 Å². The Hall–Kier alpha value is -1.53. The average Bonchev–Trinajstić information content (AvgIpc) is 2.19. The quantitative estimate of drug-likeness (QED) is 0.729. The Morgan fingerprint density at radius 1 is 1.36 bits per heavy atom. The predicted molar refractivity (Wildman–Crippen MR) is 55.0 cm³/mol. The van der Waals surface area contributed by atoms with Crippen LogP contribution < -0.4 is 4.74 Å². The molecule has 74 valence electrons. The zero-order valence-electron chi connectivity index (χ0n) is 8.69. The molecule has 0 aromatic heterocycles. The number of para-hydroxylation sites is 1. The molecule has 0 aliphatic rings. The normalized spacial score (nSPS) is 12.2. The molecule has 3 heteroatoms. The highest BCUT2D eigenvalue weighted by molar-refractivity contribution is 5.38. The molecule has 1 rings (SSSR count). The summed E-state index contributed by atoms with van der Waals surface area (Å²) >= 11 is 0. The molecule has 0 N–H and O–H groups in total. The number of nitriles is 1. The summed E-state index contributed by atoms with van der Waals surface area (Å²) in [6.07, 6.45) is 0. The third-order valence-electron chi connectivity index (χ3n) is 2.07. The summed E-state index contributed by atoms with van der Waals surface area (Å²) < 4.78 is 5.20. The van der Waals surface area contributed by atoms with Gasteiger partial charge >= 0.3 is 0 Å². The van der Waals surface area contributed by atoms with Crippen LogP contribution in [0.3, 0.4) is 0 Å². The second-order valence-corrected chi connectivity index (χ2v) is 3.24. The van der Waals surface area contributed by atoms with Gasteiger partial charge in [0.1, 0.15) is 11.8 Å². The minimum absolute atomic E-state index is 0.258. The summed E-state index contributed by atoms with van der Waals surface area (Å²) in [6, 6.07) is 9.56. The summed E-state index contributed by atoms with van der Waals surface area (Å²) in [4.78, 5) is 1.86. The Kier molecular flexibility index (Phi) is 3.49. The maximum atomic E-state index is 9.02. The van der Waals surface area contributed by atoms with Crippen LogP contribution in [0, 0.1) is 11.3 Å². The van der Waals surface area contributed by atoms with Crippen molar-refractivity contribution in [3.63, 3.8) is 0 Å². The third kappa shape index (κ3) is 2.04. The molecule has 0 aliphatic carbocycles. The number of hydrogen-bond acceptors (Lipinski definition) is 3. The van der Waals surface area contributed by atoms with E-state index in [1.807, 2.05) is 43.3 Å². The molecule has 1 aromatic carbocycles. The number of benzene rings is 1. The van der Waals surface area contributed by atoms with Crippen LogP contribution in [0.15, 0.2) is 24.3 Å². The number of ether oxygens (including phenoxy) is 1. The molecule has 0 aliphatic heterocycles. The van der Waals surface area contributed by atoms with E-state index in [0.717, 1.165) is 11.3 Å². The Morgan fingerprint density at radius 2 is 2.00 bits per heavy atom. The first-order valence-corrected chi connectivity index (χ1v) is 4.39. The molecule has 0 heterocycles. The molecule has 0 radical (unpaired) electrons. The van der Waals surface area contributed by atoms with Crippen LogP contribution in [-0.2, 0) is 0 Å². The first-order chi connectivity index (χ1) is 6.70. The van der Waals surface area contributed by atoms with Gasteiger partial charge in [0.2, 0.25) is 0 Å². The lowest BCUT2D eigenvalue weighted by molar-refractivity contribution is 0.340. The number of hydrogen-bond donors (Lipinski definition) is 0. The lowest BCUT2D eigenvalue weighted by Gasteiger charge is -2.19. The molecule has 0 spiro atoms. The zero-order valence-corrected chi connectivity index (χ0v) is 8.69. The van der Waals surface area contributed by atoms with Crippen LogP contribution in [0.5, 0.6) is 5.75 Å². The first kappa shape index (κ1) is 10.6. The smallest absolute Gasteiger partial charge is 0.126 e. The van der Waals surface area contributed by atoms with Gasteiger partial charge in [-0.25, -0.2) is 0 Å². The summed E-state index contributed by atoms with van der Waals surface area (Å²) in [6.45, 7) is 0. The van der Waals surface area contributed by atoms with Gasteiger partial charge in [0.25, 0.3) is 0 Å². The van der Waals surface area contributed by atoms with Crippen molar-refractivity contribution in [2.75, 3.05) is 21.2 Å². The van der Waals surface area contributed by atoms with E-state index in [0.29, 0.717) is 0 Å². The van der Waals surface area contributed by atoms with Crippen molar-refractivity contribution in [2.24, 2.45) is 0 Å². The van der Waals surface area contributed by atoms with Crippen molar-refractivity contribution < 1.29 is 4.74 Å². The number of rotatable bonds is 3. The van der Waals surface area contributed by atoms with Crippen molar-refractivity contribution in [3.05, 3.63) is 29.8 Å². The Bertz CT molecular complexity index is 341. The van der Waals surface area contributed by atoms with E-state index in [1.165, 1.54) is 0 Å². The monoisotopic (exact) mass is 190 g/mol. The fourth-order valence-electron chi connectivity index (χ4n) is 1.36. The van der Waals surface area contributed by atoms with E-state index in [9.17, 15) is 0 Å². The lowest BCUT2D eigenvalue weighted by Crippen LogP contribution is -2.18. The number of nitrogens with zero attached hydrogens (tertiary/aromatic N) is 2. The van der Waals surface area contributed by atoms with E-state index in [1.54, 1.807) is 7.11 Å². The van der Waals surface area contributed by atoms with Crippen LogP contribution in [0.1, 0.15) is 11.6 Å². The minimum atomic E-state index is -0.258. The van der Waals surface area contributed by atoms with Crippen LogP contribution >= 0.6 is 0 Å². The van der Waals surface area contributed by atoms with Gasteiger partial charge in [0, 0.05) is 5.56 Å². The van der Waals surface area contributed by atoms with Crippen LogP contribution in [0.25, 0.3) is 0 Å². The van der Waals surface area contributed by atoms with E-state index in [-0.39, 0.29) is 6.04 Å². The molecule has 1 atom stereocenters. The highest BCUT2D eigenvalue weighted by Crippen LogP contribution is 2.26. The van der Waals surface area contributed by atoms with Crippen LogP contribution in [-0.4, -0.2) is 26.1 Å². The Labute approximate surface area is 84.5 Å². The van der Waals surface area contributed by atoms with Gasteiger partial charge in [-0.1, -0.05) is 18.2 Å². The Morgan fingerprint density at radius 3 is 2.50 bits per heavy atom. The van der Waals surface area contributed by atoms with Crippen molar-refractivity contribution >= 4 is 0 Å². The van der Waals surface area contributed by atoms with Gasteiger partial charge in [0.15, 0.2) is 0 Å². The molecule has 1 aromatic rings. The molecule has 0 saturated carbocycles. The molecule has 1 unspecified atom stereocenters. The van der Waals surface area contributed by atoms with Gasteiger partial charge < -0.3 is 4.74 Å². The minimum Gasteiger partial charge on any atom is -0.496 e. The number of methoxy groups -OCH3 is 1.